The van der Waals surface area contributed by atoms with Gasteiger partial charge in [0.15, 0.2) is 0 Å². The van der Waals surface area contributed by atoms with E-state index in [4.69, 9.17) is 20.5 Å². The first-order chi connectivity index (χ1) is 13.6. The van der Waals surface area contributed by atoms with E-state index < -0.39 is 36.5 Å². The third-order valence-electron chi connectivity index (χ3n) is 4.61. The number of nitrogens with zero attached hydrogens (tertiary/aromatic N) is 1. The van der Waals surface area contributed by atoms with Crippen LogP contribution >= 0.6 is 0 Å². The van der Waals surface area contributed by atoms with Crippen LogP contribution in [0.5, 0.6) is 11.5 Å². The average Bonchev–Trinajstić information content (AvgIpc) is 2.60. The Balaban J connectivity index is 1.99. The van der Waals surface area contributed by atoms with Crippen molar-refractivity contribution in [1.29, 1.82) is 0 Å². The summed E-state index contributed by atoms with van der Waals surface area (Å²) in [6.07, 6.45) is -0.148. The Hall–Kier alpha value is -2.67. The Morgan fingerprint density at radius 1 is 1.31 bits per heavy atom. The zero-order valence-electron chi connectivity index (χ0n) is 15.8. The maximum atomic E-state index is 12.2. The number of quaternary nitrogens is 1. The minimum Gasteiger partial charge on any atom is -0.507 e. The fourth-order valence-electron chi connectivity index (χ4n) is 2.95. The molecule has 1 unspecified atom stereocenters. The molecule has 1 aromatic rings. The molecule has 1 fully saturated rings. The van der Waals surface area contributed by atoms with Crippen molar-refractivity contribution in [2.45, 2.75) is 37.7 Å². The highest BCUT2D eigenvalue weighted by atomic mass is 16.5. The summed E-state index contributed by atoms with van der Waals surface area (Å²) >= 11 is 0. The third-order valence-corrected chi connectivity index (χ3v) is 4.61. The molecule has 29 heavy (non-hydrogen) atoms. The minimum atomic E-state index is -1.57. The topological polar surface area (TPSA) is 198 Å². The zero-order valence-corrected chi connectivity index (χ0v) is 15.8. The van der Waals surface area contributed by atoms with Gasteiger partial charge in [-0.1, -0.05) is 6.07 Å². The summed E-state index contributed by atoms with van der Waals surface area (Å²) in [4.78, 5) is 36.1. The van der Waals surface area contributed by atoms with Gasteiger partial charge in [0, 0.05) is 0 Å². The van der Waals surface area contributed by atoms with Crippen LogP contribution in [0.4, 0.5) is 0 Å². The van der Waals surface area contributed by atoms with Crippen LogP contribution in [0.1, 0.15) is 28.8 Å². The summed E-state index contributed by atoms with van der Waals surface area (Å²) in [5, 5.41) is 37.5. The van der Waals surface area contributed by atoms with E-state index in [1.165, 1.54) is 17.0 Å². The molecule has 1 heterocycles. The summed E-state index contributed by atoms with van der Waals surface area (Å²) < 4.78 is 5.62. The molecule has 0 radical (unpaired) electrons. The lowest BCUT2D eigenvalue weighted by molar-refractivity contribution is -0.305. The summed E-state index contributed by atoms with van der Waals surface area (Å²) in [6, 6.07) is 2.02. The van der Waals surface area contributed by atoms with Gasteiger partial charge in [-0.2, -0.15) is 0 Å². The van der Waals surface area contributed by atoms with Gasteiger partial charge in [-0.25, -0.2) is 9.59 Å². The molecule has 0 bridgehead atoms. The van der Waals surface area contributed by atoms with Crippen LogP contribution < -0.4 is 16.2 Å². The maximum absolute atomic E-state index is 12.2. The molecule has 0 spiro atoms. The molecule has 9 N–H and O–H groups in total. The van der Waals surface area contributed by atoms with Crippen molar-refractivity contribution < 1.29 is 45.1 Å². The second-order valence-corrected chi connectivity index (χ2v) is 6.94. The SMILES string of the molecule is NC(CCC([NH3+])=O)C(=O)N1CC(Oc2ccc(CCB(O)O)c(O)c2C(=O)O)C1. The van der Waals surface area contributed by atoms with Crippen LogP contribution in [0, 0.1) is 0 Å². The lowest BCUT2D eigenvalue weighted by atomic mass is 9.82. The molecule has 1 aliphatic heterocycles. The van der Waals surface area contributed by atoms with Crippen molar-refractivity contribution in [3.8, 4) is 11.5 Å². The second kappa shape index (κ2) is 9.70. The molecule has 11 nitrogen and oxygen atoms in total. The molecular weight excluding hydrogens is 385 g/mol. The van der Waals surface area contributed by atoms with Gasteiger partial charge < -0.3 is 35.6 Å². The molecule has 1 atom stereocenters. The lowest BCUT2D eigenvalue weighted by Gasteiger charge is -2.40. The van der Waals surface area contributed by atoms with E-state index in [1.54, 1.807) is 0 Å². The number of aromatic hydroxyl groups is 1. The largest absolute Gasteiger partial charge is 0.507 e. The number of aromatic carboxylic acids is 1. The van der Waals surface area contributed by atoms with Crippen LogP contribution in [-0.4, -0.2) is 75.3 Å². The summed E-state index contributed by atoms with van der Waals surface area (Å²) in [7, 11) is -1.57. The van der Waals surface area contributed by atoms with E-state index in [-0.39, 0.29) is 61.8 Å². The van der Waals surface area contributed by atoms with E-state index >= 15 is 0 Å². The van der Waals surface area contributed by atoms with Crippen LogP contribution in [0.3, 0.4) is 0 Å². The minimum absolute atomic E-state index is 0.0488. The summed E-state index contributed by atoms with van der Waals surface area (Å²) in [5.41, 5.74) is 8.82. The van der Waals surface area contributed by atoms with Gasteiger partial charge in [-0.15, -0.1) is 0 Å². The summed E-state index contributed by atoms with van der Waals surface area (Å²) in [6.45, 7) is 0.395. The predicted molar refractivity (Wildman–Crippen MR) is 99.9 cm³/mol. The Bertz CT molecular complexity index is 782. The Kier molecular flexibility index (Phi) is 7.56. The quantitative estimate of drug-likeness (QED) is 0.227. The highest BCUT2D eigenvalue weighted by Gasteiger charge is 2.36. The van der Waals surface area contributed by atoms with Crippen molar-refractivity contribution in [3.63, 3.8) is 0 Å². The Morgan fingerprint density at radius 2 is 1.97 bits per heavy atom. The molecule has 2 rings (SSSR count). The molecule has 12 heteroatoms. The number of carboxylic acid groups (broad SMARTS) is 1. The fraction of sp³-hybridized carbons (Fsp3) is 0.471. The first kappa shape index (κ1) is 22.6. The van der Waals surface area contributed by atoms with Crippen molar-refractivity contribution in [2.24, 2.45) is 5.73 Å². The van der Waals surface area contributed by atoms with Gasteiger partial charge in [-0.3, -0.25) is 10.5 Å². The van der Waals surface area contributed by atoms with Crippen molar-refractivity contribution in [1.82, 2.24) is 4.90 Å². The first-order valence-electron chi connectivity index (χ1n) is 9.10. The number of phenols is 1. The van der Waals surface area contributed by atoms with Gasteiger partial charge in [-0.05, 0) is 30.8 Å². The number of aryl methyl sites for hydroxylation is 1. The van der Waals surface area contributed by atoms with Gasteiger partial charge in [0.25, 0.3) is 0 Å². The van der Waals surface area contributed by atoms with Crippen LogP contribution in [-0.2, 0) is 16.0 Å². The molecule has 1 aliphatic rings. The van der Waals surface area contributed by atoms with Gasteiger partial charge in [0.2, 0.25) is 5.91 Å². The molecule has 158 valence electrons. The van der Waals surface area contributed by atoms with E-state index in [0.717, 1.165) is 0 Å². The number of nitrogens with two attached hydrogens (primary N) is 1. The first-order valence-corrected chi connectivity index (χ1v) is 9.10. The molecular formula is C17H25BN3O8+. The molecule has 1 aromatic carbocycles. The number of hydrogen-bond donors (Lipinski definition) is 6. The fourth-order valence-corrected chi connectivity index (χ4v) is 2.95. The number of amides is 2. The molecule has 1 saturated heterocycles. The number of carbonyl (C=O) groups is 3. The standard InChI is InChI=1S/C17H24BN3O8/c19-11(2-4-13(20)22)16(24)21-7-10(8-21)29-12-3-1-9(5-6-18(27)28)15(23)14(12)17(25)26/h1,3,10-11,23,27-28H,2,4-8,19H2,(H2,20,22)(H,25,26)/p+1. The lowest BCUT2D eigenvalue weighted by Crippen LogP contribution is -2.60. The number of rotatable bonds is 10. The summed E-state index contributed by atoms with van der Waals surface area (Å²) in [5.74, 6) is -2.56. The number of ether oxygens (including phenoxy) is 1. The third kappa shape index (κ3) is 5.90. The molecule has 0 aromatic heterocycles. The number of benzene rings is 1. The van der Waals surface area contributed by atoms with Gasteiger partial charge in [0.05, 0.1) is 25.6 Å². The zero-order chi connectivity index (χ0) is 21.7. The monoisotopic (exact) mass is 410 g/mol. The van der Waals surface area contributed by atoms with Crippen LogP contribution in [0.2, 0.25) is 6.32 Å². The number of hydrogen-bond acceptors (Lipinski definition) is 8. The highest BCUT2D eigenvalue weighted by molar-refractivity contribution is 6.41. The average molecular weight is 410 g/mol. The van der Waals surface area contributed by atoms with Crippen LogP contribution in [0.15, 0.2) is 12.1 Å². The second-order valence-electron chi connectivity index (χ2n) is 6.94. The Morgan fingerprint density at radius 3 is 2.52 bits per heavy atom. The van der Waals surface area contributed by atoms with Gasteiger partial charge >= 0.3 is 19.0 Å². The molecule has 0 saturated carbocycles. The Labute approximate surface area is 167 Å². The van der Waals surface area contributed by atoms with E-state index in [9.17, 15) is 24.6 Å². The maximum Gasteiger partial charge on any atom is 0.451 e. The van der Waals surface area contributed by atoms with E-state index in [0.29, 0.717) is 0 Å². The van der Waals surface area contributed by atoms with Crippen molar-refractivity contribution >= 4 is 24.9 Å². The molecule has 2 amide bonds. The van der Waals surface area contributed by atoms with Gasteiger partial charge in [0.1, 0.15) is 23.2 Å². The van der Waals surface area contributed by atoms with Crippen molar-refractivity contribution in [3.05, 3.63) is 23.3 Å². The van der Waals surface area contributed by atoms with Crippen LogP contribution in [0.25, 0.3) is 0 Å². The van der Waals surface area contributed by atoms with Crippen molar-refractivity contribution in [2.75, 3.05) is 13.1 Å². The smallest absolute Gasteiger partial charge is 0.451 e. The number of carboxylic acids is 1. The molecule has 0 aliphatic carbocycles. The highest BCUT2D eigenvalue weighted by Crippen LogP contribution is 2.34. The number of likely N-dealkylation sites (tertiary alicyclic amines) is 1. The van der Waals surface area contributed by atoms with E-state index in [1.807, 2.05) is 0 Å². The normalized spacial score (nSPS) is 14.8. The predicted octanol–water partition coefficient (Wildman–Crippen LogP) is -2.43. The number of carbonyl (C=O) groups excluding carboxylic acids is 2. The van der Waals surface area contributed by atoms with E-state index in [2.05, 4.69) is 5.73 Å².